The lowest BCUT2D eigenvalue weighted by molar-refractivity contribution is -0.0229. The second-order valence-electron chi connectivity index (χ2n) is 5.47. The summed E-state index contributed by atoms with van der Waals surface area (Å²) in [5.41, 5.74) is 0. The molecule has 114 valence electrons. The zero-order valence-corrected chi connectivity index (χ0v) is 12.1. The van der Waals surface area contributed by atoms with E-state index in [4.69, 9.17) is 4.74 Å². The fourth-order valence-electron chi connectivity index (χ4n) is 2.52. The molecule has 6 heteroatoms. The predicted octanol–water partition coefficient (Wildman–Crippen LogP) is 0.968. The molecule has 1 fully saturated rings. The van der Waals surface area contributed by atoms with Crippen molar-refractivity contribution in [3.8, 4) is 0 Å². The van der Waals surface area contributed by atoms with Crippen LogP contribution in [0.15, 0.2) is 12.4 Å². The Morgan fingerprint density at radius 3 is 2.95 bits per heavy atom. The number of hydrogen-bond acceptors (Lipinski definition) is 5. The van der Waals surface area contributed by atoms with Crippen LogP contribution in [0.5, 0.6) is 0 Å². The first kappa shape index (κ1) is 15.4. The van der Waals surface area contributed by atoms with Crippen LogP contribution in [0.3, 0.4) is 0 Å². The van der Waals surface area contributed by atoms with Crippen LogP contribution in [0, 0.1) is 0 Å². The van der Waals surface area contributed by atoms with Gasteiger partial charge in [-0.1, -0.05) is 24.5 Å². The first-order valence-corrected chi connectivity index (χ1v) is 7.69. The smallest absolute Gasteiger partial charge is 0.0897 e. The summed E-state index contributed by atoms with van der Waals surface area (Å²) in [6, 6.07) is 0. The molecule has 20 heavy (non-hydrogen) atoms. The minimum absolute atomic E-state index is 0.366. The maximum Gasteiger partial charge on any atom is 0.0897 e. The molecule has 1 aromatic rings. The van der Waals surface area contributed by atoms with E-state index in [1.54, 1.807) is 6.20 Å². The van der Waals surface area contributed by atoms with E-state index in [0.717, 1.165) is 32.4 Å². The van der Waals surface area contributed by atoms with E-state index in [1.165, 1.54) is 19.3 Å². The highest BCUT2D eigenvalue weighted by Gasteiger charge is 2.15. The number of aliphatic hydroxyl groups is 1. The minimum Gasteiger partial charge on any atom is -0.389 e. The summed E-state index contributed by atoms with van der Waals surface area (Å²) in [6.07, 6.45) is 10.6. The van der Waals surface area contributed by atoms with Gasteiger partial charge in [0.25, 0.3) is 0 Å². The summed E-state index contributed by atoms with van der Waals surface area (Å²) in [4.78, 5) is 0. The Labute approximate surface area is 120 Å². The summed E-state index contributed by atoms with van der Waals surface area (Å²) in [6.45, 7) is 2.74. The predicted molar refractivity (Wildman–Crippen MR) is 76.3 cm³/mol. The van der Waals surface area contributed by atoms with Crippen LogP contribution in [-0.2, 0) is 11.3 Å². The molecule has 2 rings (SSSR count). The largest absolute Gasteiger partial charge is 0.389 e. The third-order valence-electron chi connectivity index (χ3n) is 3.67. The second kappa shape index (κ2) is 9.05. The lowest BCUT2D eigenvalue weighted by Gasteiger charge is -2.23. The number of aliphatic hydroxyl groups excluding tert-OH is 1. The van der Waals surface area contributed by atoms with E-state index in [-0.39, 0.29) is 0 Å². The molecule has 0 aromatic carbocycles. The Morgan fingerprint density at radius 2 is 2.20 bits per heavy atom. The molecule has 0 amide bonds. The van der Waals surface area contributed by atoms with E-state index >= 15 is 0 Å². The van der Waals surface area contributed by atoms with Gasteiger partial charge in [0.2, 0.25) is 0 Å². The number of aromatic nitrogens is 3. The highest BCUT2D eigenvalue weighted by Crippen LogP contribution is 2.20. The molecule has 1 unspecified atom stereocenters. The molecule has 0 bridgehead atoms. The standard InChI is InChI=1S/C14H26N4O2/c19-13(12-20-14-5-2-1-3-6-14)11-15-7-4-9-18-10-8-16-17-18/h8,10,13-15,19H,1-7,9,11-12H2. The van der Waals surface area contributed by atoms with Gasteiger partial charge >= 0.3 is 0 Å². The number of ether oxygens (including phenoxy) is 1. The molecule has 0 saturated heterocycles. The molecule has 0 spiro atoms. The molecule has 0 aliphatic heterocycles. The van der Waals surface area contributed by atoms with Gasteiger partial charge in [-0.2, -0.15) is 0 Å². The lowest BCUT2D eigenvalue weighted by Crippen LogP contribution is -2.33. The first-order chi connectivity index (χ1) is 9.84. The fraction of sp³-hybridized carbons (Fsp3) is 0.857. The Balaban J connectivity index is 1.44. The molecule has 0 radical (unpaired) electrons. The van der Waals surface area contributed by atoms with Gasteiger partial charge in [-0.3, -0.25) is 4.68 Å². The van der Waals surface area contributed by atoms with Crippen molar-refractivity contribution >= 4 is 0 Å². The van der Waals surface area contributed by atoms with Crippen LogP contribution >= 0.6 is 0 Å². The Morgan fingerprint density at radius 1 is 1.35 bits per heavy atom. The van der Waals surface area contributed by atoms with Crippen molar-refractivity contribution in [2.24, 2.45) is 0 Å². The van der Waals surface area contributed by atoms with E-state index < -0.39 is 6.10 Å². The third-order valence-corrected chi connectivity index (χ3v) is 3.67. The van der Waals surface area contributed by atoms with Crippen LogP contribution in [0.4, 0.5) is 0 Å². The zero-order chi connectivity index (χ0) is 14.0. The zero-order valence-electron chi connectivity index (χ0n) is 12.1. The maximum absolute atomic E-state index is 9.85. The van der Waals surface area contributed by atoms with Crippen molar-refractivity contribution in [1.82, 2.24) is 20.3 Å². The van der Waals surface area contributed by atoms with Crippen LogP contribution in [-0.4, -0.2) is 52.0 Å². The van der Waals surface area contributed by atoms with Crippen LogP contribution in [0.1, 0.15) is 38.5 Å². The molecular formula is C14H26N4O2. The monoisotopic (exact) mass is 282 g/mol. The van der Waals surface area contributed by atoms with Crippen LogP contribution in [0.2, 0.25) is 0 Å². The summed E-state index contributed by atoms with van der Waals surface area (Å²) in [7, 11) is 0. The summed E-state index contributed by atoms with van der Waals surface area (Å²) < 4.78 is 7.56. The van der Waals surface area contributed by atoms with Gasteiger partial charge in [0, 0.05) is 19.3 Å². The van der Waals surface area contributed by atoms with Gasteiger partial charge in [0.15, 0.2) is 0 Å². The van der Waals surface area contributed by atoms with Gasteiger partial charge in [-0.05, 0) is 25.8 Å². The van der Waals surface area contributed by atoms with Crippen molar-refractivity contribution < 1.29 is 9.84 Å². The Hall–Kier alpha value is -0.980. The normalized spacial score (nSPS) is 18.2. The molecule has 1 aromatic heterocycles. The van der Waals surface area contributed by atoms with Crippen LogP contribution in [0.25, 0.3) is 0 Å². The fourth-order valence-corrected chi connectivity index (χ4v) is 2.52. The summed E-state index contributed by atoms with van der Waals surface area (Å²) in [5, 5.41) is 20.7. The molecule has 1 aliphatic rings. The summed E-state index contributed by atoms with van der Waals surface area (Å²) in [5.74, 6) is 0. The van der Waals surface area contributed by atoms with Crippen molar-refractivity contribution in [1.29, 1.82) is 0 Å². The average molecular weight is 282 g/mol. The molecule has 1 heterocycles. The Bertz CT molecular complexity index is 339. The number of aryl methyl sites for hydroxylation is 1. The first-order valence-electron chi connectivity index (χ1n) is 7.69. The van der Waals surface area contributed by atoms with Gasteiger partial charge < -0.3 is 15.2 Å². The van der Waals surface area contributed by atoms with E-state index in [1.807, 2.05) is 10.9 Å². The van der Waals surface area contributed by atoms with Gasteiger partial charge in [-0.25, -0.2) is 0 Å². The SMILES string of the molecule is OC(CNCCCn1ccnn1)COC1CCCCC1. The molecule has 1 atom stereocenters. The van der Waals surface area contributed by atoms with Gasteiger partial charge in [0.05, 0.1) is 25.0 Å². The van der Waals surface area contributed by atoms with Crippen molar-refractivity contribution in [2.75, 3.05) is 19.7 Å². The average Bonchev–Trinajstić information content (AvgIpc) is 2.99. The Kier molecular flexibility index (Phi) is 6.97. The van der Waals surface area contributed by atoms with Crippen molar-refractivity contribution in [3.05, 3.63) is 12.4 Å². The highest BCUT2D eigenvalue weighted by atomic mass is 16.5. The van der Waals surface area contributed by atoms with E-state index in [9.17, 15) is 5.11 Å². The summed E-state index contributed by atoms with van der Waals surface area (Å²) >= 11 is 0. The number of hydrogen-bond donors (Lipinski definition) is 2. The van der Waals surface area contributed by atoms with Gasteiger partial charge in [-0.15, -0.1) is 5.10 Å². The number of rotatable bonds is 9. The third kappa shape index (κ3) is 5.98. The second-order valence-corrected chi connectivity index (χ2v) is 5.47. The molecule has 1 aliphatic carbocycles. The number of nitrogens with one attached hydrogen (secondary N) is 1. The quantitative estimate of drug-likeness (QED) is 0.660. The van der Waals surface area contributed by atoms with E-state index in [2.05, 4.69) is 15.6 Å². The molecular weight excluding hydrogens is 256 g/mol. The molecule has 1 saturated carbocycles. The van der Waals surface area contributed by atoms with E-state index in [0.29, 0.717) is 19.3 Å². The maximum atomic E-state index is 9.85. The topological polar surface area (TPSA) is 72.2 Å². The highest BCUT2D eigenvalue weighted by molar-refractivity contribution is 4.67. The van der Waals surface area contributed by atoms with Crippen molar-refractivity contribution in [3.63, 3.8) is 0 Å². The van der Waals surface area contributed by atoms with Gasteiger partial charge in [0.1, 0.15) is 0 Å². The number of nitrogens with zero attached hydrogens (tertiary/aromatic N) is 3. The molecule has 6 nitrogen and oxygen atoms in total. The minimum atomic E-state index is -0.414. The molecule has 2 N–H and O–H groups in total. The van der Waals surface area contributed by atoms with Crippen molar-refractivity contribution in [2.45, 2.75) is 57.3 Å². The lowest BCUT2D eigenvalue weighted by atomic mass is 9.98. The van der Waals surface area contributed by atoms with Crippen LogP contribution < -0.4 is 5.32 Å².